The highest BCUT2D eigenvalue weighted by Crippen LogP contribution is 2.20. The van der Waals surface area contributed by atoms with Gasteiger partial charge in [0.15, 0.2) is 0 Å². The van der Waals surface area contributed by atoms with Crippen LogP contribution in [-0.4, -0.2) is 11.7 Å². The van der Waals surface area contributed by atoms with Crippen molar-refractivity contribution in [2.75, 3.05) is 6.61 Å². The Labute approximate surface area is 78.4 Å². The molecule has 68 valence electrons. The molecule has 1 atom stereocenters. The Hall–Kier alpha value is -1.30. The Balaban J connectivity index is 3.22. The topological polar surface area (TPSA) is 46.2 Å². The number of aliphatic hydroxyl groups excluding tert-OH is 1. The van der Waals surface area contributed by atoms with Gasteiger partial charge in [0, 0.05) is 5.56 Å². The Morgan fingerprint density at radius 1 is 1.54 bits per heavy atom. The number of rotatable bonds is 2. The fourth-order valence-corrected chi connectivity index (χ4v) is 1.19. The van der Waals surface area contributed by atoms with Crippen LogP contribution in [0.5, 0.6) is 0 Å². The van der Waals surface area contributed by atoms with Crippen molar-refractivity contribution >= 4 is 0 Å². The summed E-state index contributed by atoms with van der Waals surface area (Å²) in [5.74, 6) is 2.54. The SMILES string of the molecule is C#Cc1ccccc1C(C)(N)CO. The van der Waals surface area contributed by atoms with Crippen molar-refractivity contribution < 1.29 is 5.11 Å². The van der Waals surface area contributed by atoms with Crippen LogP contribution in [0.25, 0.3) is 0 Å². The van der Waals surface area contributed by atoms with Gasteiger partial charge in [-0.25, -0.2) is 0 Å². The second kappa shape index (κ2) is 3.61. The summed E-state index contributed by atoms with van der Waals surface area (Å²) in [5, 5.41) is 9.07. The van der Waals surface area contributed by atoms with E-state index >= 15 is 0 Å². The fraction of sp³-hybridized carbons (Fsp3) is 0.273. The molecule has 3 N–H and O–H groups in total. The highest BCUT2D eigenvalue weighted by molar-refractivity contribution is 5.43. The van der Waals surface area contributed by atoms with E-state index < -0.39 is 5.54 Å². The number of terminal acetylenes is 1. The molecule has 0 aliphatic rings. The van der Waals surface area contributed by atoms with E-state index in [-0.39, 0.29) is 6.61 Å². The maximum Gasteiger partial charge on any atom is 0.0650 e. The molecule has 0 aromatic heterocycles. The van der Waals surface area contributed by atoms with Crippen molar-refractivity contribution in [2.45, 2.75) is 12.5 Å². The molecule has 0 bridgehead atoms. The lowest BCUT2D eigenvalue weighted by atomic mass is 9.90. The van der Waals surface area contributed by atoms with E-state index in [9.17, 15) is 0 Å². The van der Waals surface area contributed by atoms with Gasteiger partial charge in [-0.3, -0.25) is 0 Å². The third-order valence-corrected chi connectivity index (χ3v) is 2.03. The fourth-order valence-electron chi connectivity index (χ4n) is 1.19. The molecular weight excluding hydrogens is 162 g/mol. The lowest BCUT2D eigenvalue weighted by molar-refractivity contribution is 0.210. The van der Waals surface area contributed by atoms with Crippen LogP contribution < -0.4 is 5.73 Å². The average Bonchev–Trinajstić information content (AvgIpc) is 2.18. The van der Waals surface area contributed by atoms with Gasteiger partial charge in [0.1, 0.15) is 0 Å². The zero-order chi connectivity index (χ0) is 9.90. The summed E-state index contributed by atoms with van der Waals surface area (Å²) in [4.78, 5) is 0. The molecule has 0 aliphatic heterocycles. The summed E-state index contributed by atoms with van der Waals surface area (Å²) in [6, 6.07) is 7.37. The summed E-state index contributed by atoms with van der Waals surface area (Å²) >= 11 is 0. The van der Waals surface area contributed by atoms with Gasteiger partial charge in [0.25, 0.3) is 0 Å². The number of benzene rings is 1. The van der Waals surface area contributed by atoms with Crippen LogP contribution >= 0.6 is 0 Å². The predicted molar refractivity (Wildman–Crippen MR) is 53.0 cm³/mol. The van der Waals surface area contributed by atoms with Crippen LogP contribution in [-0.2, 0) is 5.54 Å². The van der Waals surface area contributed by atoms with Crippen molar-refractivity contribution in [1.29, 1.82) is 0 Å². The normalized spacial score (nSPS) is 14.6. The van der Waals surface area contributed by atoms with Gasteiger partial charge < -0.3 is 10.8 Å². The summed E-state index contributed by atoms with van der Waals surface area (Å²) in [5.41, 5.74) is 6.65. The zero-order valence-corrected chi connectivity index (χ0v) is 7.62. The molecule has 0 fully saturated rings. The molecular formula is C11H13NO. The van der Waals surface area contributed by atoms with E-state index in [4.69, 9.17) is 17.3 Å². The van der Waals surface area contributed by atoms with E-state index in [1.807, 2.05) is 24.3 Å². The molecule has 0 heterocycles. The first-order valence-electron chi connectivity index (χ1n) is 4.07. The highest BCUT2D eigenvalue weighted by atomic mass is 16.3. The van der Waals surface area contributed by atoms with Crippen LogP contribution in [0.3, 0.4) is 0 Å². The minimum atomic E-state index is -0.761. The van der Waals surface area contributed by atoms with E-state index in [0.29, 0.717) is 0 Å². The Morgan fingerprint density at radius 2 is 2.15 bits per heavy atom. The predicted octanol–water partition coefficient (Wildman–Crippen LogP) is 0.834. The van der Waals surface area contributed by atoms with Gasteiger partial charge in [-0.15, -0.1) is 6.42 Å². The summed E-state index contributed by atoms with van der Waals surface area (Å²) < 4.78 is 0. The molecule has 0 amide bonds. The second-order valence-electron chi connectivity index (χ2n) is 3.27. The molecule has 0 aliphatic carbocycles. The molecule has 0 spiro atoms. The van der Waals surface area contributed by atoms with Gasteiger partial charge in [-0.2, -0.15) is 0 Å². The average molecular weight is 175 g/mol. The molecule has 1 rings (SSSR count). The lowest BCUT2D eigenvalue weighted by Crippen LogP contribution is -2.37. The van der Waals surface area contributed by atoms with Gasteiger partial charge in [-0.05, 0) is 18.6 Å². The number of hydrogen-bond donors (Lipinski definition) is 2. The maximum absolute atomic E-state index is 9.07. The van der Waals surface area contributed by atoms with Crippen LogP contribution in [0, 0.1) is 12.3 Å². The van der Waals surface area contributed by atoms with Crippen LogP contribution in [0.4, 0.5) is 0 Å². The third kappa shape index (κ3) is 1.89. The van der Waals surface area contributed by atoms with E-state index in [1.165, 1.54) is 0 Å². The molecule has 0 saturated heterocycles. The maximum atomic E-state index is 9.07. The monoisotopic (exact) mass is 175 g/mol. The van der Waals surface area contributed by atoms with Crippen LogP contribution in [0.15, 0.2) is 24.3 Å². The van der Waals surface area contributed by atoms with E-state index in [2.05, 4.69) is 5.92 Å². The first kappa shape index (κ1) is 9.79. The Morgan fingerprint density at radius 3 is 2.69 bits per heavy atom. The van der Waals surface area contributed by atoms with Crippen molar-refractivity contribution in [3.63, 3.8) is 0 Å². The van der Waals surface area contributed by atoms with Gasteiger partial charge >= 0.3 is 0 Å². The summed E-state index contributed by atoms with van der Waals surface area (Å²) in [7, 11) is 0. The third-order valence-electron chi connectivity index (χ3n) is 2.03. The molecule has 1 aromatic rings. The Kier molecular flexibility index (Phi) is 2.72. The molecule has 0 saturated carbocycles. The van der Waals surface area contributed by atoms with Crippen molar-refractivity contribution in [1.82, 2.24) is 0 Å². The lowest BCUT2D eigenvalue weighted by Gasteiger charge is -2.23. The first-order chi connectivity index (χ1) is 6.11. The molecule has 13 heavy (non-hydrogen) atoms. The number of hydrogen-bond acceptors (Lipinski definition) is 2. The van der Waals surface area contributed by atoms with Crippen molar-refractivity contribution in [3.05, 3.63) is 35.4 Å². The summed E-state index contributed by atoms with van der Waals surface area (Å²) in [6.07, 6.45) is 5.31. The first-order valence-corrected chi connectivity index (χ1v) is 4.07. The van der Waals surface area contributed by atoms with Crippen LogP contribution in [0.2, 0.25) is 0 Å². The quantitative estimate of drug-likeness (QED) is 0.654. The van der Waals surface area contributed by atoms with Gasteiger partial charge in [-0.1, -0.05) is 24.1 Å². The highest BCUT2D eigenvalue weighted by Gasteiger charge is 2.21. The van der Waals surface area contributed by atoms with Crippen molar-refractivity contribution in [3.8, 4) is 12.3 Å². The van der Waals surface area contributed by atoms with Gasteiger partial charge in [0.2, 0.25) is 0 Å². The summed E-state index contributed by atoms with van der Waals surface area (Å²) in [6.45, 7) is 1.63. The Bertz CT molecular complexity index is 336. The minimum Gasteiger partial charge on any atom is -0.394 e. The molecule has 1 unspecified atom stereocenters. The standard InChI is InChI=1S/C11H13NO/c1-3-9-6-4-5-7-10(9)11(2,12)8-13/h1,4-7,13H,8,12H2,2H3. The minimum absolute atomic E-state index is 0.119. The van der Waals surface area contributed by atoms with Crippen LogP contribution in [0.1, 0.15) is 18.1 Å². The second-order valence-corrected chi connectivity index (χ2v) is 3.27. The molecule has 0 radical (unpaired) electrons. The number of aliphatic hydroxyl groups is 1. The van der Waals surface area contributed by atoms with Crippen molar-refractivity contribution in [2.24, 2.45) is 5.73 Å². The molecule has 1 aromatic carbocycles. The van der Waals surface area contributed by atoms with E-state index in [1.54, 1.807) is 6.92 Å². The van der Waals surface area contributed by atoms with Gasteiger partial charge in [0.05, 0.1) is 12.1 Å². The molecule has 2 nitrogen and oxygen atoms in total. The smallest absolute Gasteiger partial charge is 0.0650 e. The number of nitrogens with two attached hydrogens (primary N) is 1. The zero-order valence-electron chi connectivity index (χ0n) is 7.62. The van der Waals surface area contributed by atoms with E-state index in [0.717, 1.165) is 11.1 Å². The largest absolute Gasteiger partial charge is 0.394 e. The molecule has 2 heteroatoms.